The lowest BCUT2D eigenvalue weighted by Crippen LogP contribution is -2.43. The number of hydrogen-bond acceptors (Lipinski definition) is 5. The maximum Gasteiger partial charge on any atom is 0.309 e. The molecule has 0 aromatic heterocycles. The molecule has 2 N–H and O–H groups in total. The van der Waals surface area contributed by atoms with Crippen LogP contribution in [0, 0.1) is 0 Å². The van der Waals surface area contributed by atoms with Crippen molar-refractivity contribution in [2.24, 2.45) is 0 Å². The van der Waals surface area contributed by atoms with Gasteiger partial charge in [0.25, 0.3) is 0 Å². The number of morpholine rings is 1. The van der Waals surface area contributed by atoms with E-state index in [0.717, 1.165) is 45.8 Å². The fourth-order valence-electron chi connectivity index (χ4n) is 1.88. The largest absolute Gasteiger partial charge is 0.379 e. The minimum atomic E-state index is -0.557. The summed E-state index contributed by atoms with van der Waals surface area (Å²) in [6.07, 6.45) is 0.844. The maximum absolute atomic E-state index is 11.5. The van der Waals surface area contributed by atoms with Crippen molar-refractivity contribution in [2.45, 2.75) is 6.42 Å². The molecular formula is C13H26N4O3. The topological polar surface area (TPSA) is 73.9 Å². The molecule has 1 heterocycles. The fourth-order valence-corrected chi connectivity index (χ4v) is 1.88. The van der Waals surface area contributed by atoms with Crippen molar-refractivity contribution >= 4 is 11.8 Å². The van der Waals surface area contributed by atoms with Gasteiger partial charge in [0, 0.05) is 32.7 Å². The number of nitrogens with one attached hydrogen (secondary N) is 2. The summed E-state index contributed by atoms with van der Waals surface area (Å²) in [6.45, 7) is 6.09. The Morgan fingerprint density at radius 3 is 2.30 bits per heavy atom. The third kappa shape index (κ3) is 7.42. The summed E-state index contributed by atoms with van der Waals surface area (Å²) in [6, 6.07) is 0. The molecule has 7 heteroatoms. The van der Waals surface area contributed by atoms with Gasteiger partial charge in [0.15, 0.2) is 0 Å². The maximum atomic E-state index is 11.5. The molecule has 1 fully saturated rings. The van der Waals surface area contributed by atoms with Crippen LogP contribution in [0.15, 0.2) is 0 Å². The second-order valence-electron chi connectivity index (χ2n) is 5.12. The van der Waals surface area contributed by atoms with Gasteiger partial charge in [-0.2, -0.15) is 0 Å². The number of nitrogens with zero attached hydrogens (tertiary/aromatic N) is 2. The van der Waals surface area contributed by atoms with Gasteiger partial charge in [-0.15, -0.1) is 0 Å². The minimum absolute atomic E-state index is 0.479. The van der Waals surface area contributed by atoms with Crippen molar-refractivity contribution in [3.05, 3.63) is 0 Å². The van der Waals surface area contributed by atoms with Crippen LogP contribution in [0.5, 0.6) is 0 Å². The second kappa shape index (κ2) is 9.68. The number of amides is 2. The molecule has 1 aliphatic heterocycles. The van der Waals surface area contributed by atoms with E-state index in [1.54, 1.807) is 0 Å². The summed E-state index contributed by atoms with van der Waals surface area (Å²) in [4.78, 5) is 27.2. The van der Waals surface area contributed by atoms with Gasteiger partial charge >= 0.3 is 11.8 Å². The minimum Gasteiger partial charge on any atom is -0.379 e. The normalized spacial score (nSPS) is 16.1. The van der Waals surface area contributed by atoms with Crippen molar-refractivity contribution in [3.63, 3.8) is 0 Å². The zero-order chi connectivity index (χ0) is 14.8. The average molecular weight is 286 g/mol. The predicted octanol–water partition coefficient (Wildman–Crippen LogP) is -1.50. The van der Waals surface area contributed by atoms with Crippen LogP contribution in [0.25, 0.3) is 0 Å². The molecule has 20 heavy (non-hydrogen) atoms. The van der Waals surface area contributed by atoms with Gasteiger partial charge in [0.1, 0.15) is 0 Å². The molecule has 7 nitrogen and oxygen atoms in total. The van der Waals surface area contributed by atoms with E-state index in [4.69, 9.17) is 4.74 Å². The zero-order valence-electron chi connectivity index (χ0n) is 12.5. The van der Waals surface area contributed by atoms with Crippen LogP contribution in [0.1, 0.15) is 6.42 Å². The number of rotatable bonds is 7. The third-order valence-electron chi connectivity index (χ3n) is 3.09. The van der Waals surface area contributed by atoms with Crippen molar-refractivity contribution in [2.75, 3.05) is 66.6 Å². The number of ether oxygens (including phenoxy) is 1. The van der Waals surface area contributed by atoms with Crippen LogP contribution in [-0.4, -0.2) is 88.2 Å². The predicted molar refractivity (Wildman–Crippen MR) is 76.4 cm³/mol. The van der Waals surface area contributed by atoms with Crippen LogP contribution in [0.2, 0.25) is 0 Å². The van der Waals surface area contributed by atoms with Gasteiger partial charge in [-0.1, -0.05) is 0 Å². The van der Waals surface area contributed by atoms with Crippen LogP contribution < -0.4 is 10.6 Å². The first-order valence-corrected chi connectivity index (χ1v) is 7.10. The average Bonchev–Trinajstić information content (AvgIpc) is 2.44. The fraction of sp³-hybridized carbons (Fsp3) is 0.846. The SMILES string of the molecule is CN(C)CCNC(=O)C(=O)NCCCN1CCOCC1. The molecule has 1 saturated heterocycles. The molecule has 0 radical (unpaired) electrons. The van der Waals surface area contributed by atoms with Gasteiger partial charge in [-0.25, -0.2) is 0 Å². The smallest absolute Gasteiger partial charge is 0.309 e. The highest BCUT2D eigenvalue weighted by Gasteiger charge is 2.13. The Kier molecular flexibility index (Phi) is 8.17. The van der Waals surface area contributed by atoms with Crippen LogP contribution >= 0.6 is 0 Å². The molecule has 0 atom stereocenters. The third-order valence-corrected chi connectivity index (χ3v) is 3.09. The molecule has 0 aromatic carbocycles. The summed E-state index contributed by atoms with van der Waals surface area (Å²) in [5.41, 5.74) is 0. The number of likely N-dealkylation sites (N-methyl/N-ethyl adjacent to an activating group) is 1. The molecule has 0 aromatic rings. The lowest BCUT2D eigenvalue weighted by atomic mass is 10.3. The Morgan fingerprint density at radius 1 is 1.10 bits per heavy atom. The lowest BCUT2D eigenvalue weighted by molar-refractivity contribution is -0.139. The Hall–Kier alpha value is -1.18. The first-order chi connectivity index (χ1) is 9.59. The summed E-state index contributed by atoms with van der Waals surface area (Å²) in [5, 5.41) is 5.22. The molecular weight excluding hydrogens is 260 g/mol. The van der Waals surface area contributed by atoms with Gasteiger partial charge in [-0.3, -0.25) is 14.5 Å². The van der Waals surface area contributed by atoms with Gasteiger partial charge in [0.05, 0.1) is 13.2 Å². The lowest BCUT2D eigenvalue weighted by Gasteiger charge is -2.26. The number of hydrogen-bond donors (Lipinski definition) is 2. The Balaban J connectivity index is 2.02. The van der Waals surface area contributed by atoms with Gasteiger partial charge in [0.2, 0.25) is 0 Å². The van der Waals surface area contributed by atoms with E-state index in [2.05, 4.69) is 15.5 Å². The summed E-state index contributed by atoms with van der Waals surface area (Å²) < 4.78 is 5.26. The summed E-state index contributed by atoms with van der Waals surface area (Å²) >= 11 is 0. The molecule has 116 valence electrons. The molecule has 0 unspecified atom stereocenters. The van der Waals surface area contributed by atoms with E-state index in [9.17, 15) is 9.59 Å². The first kappa shape index (κ1) is 16.9. The number of carbonyl (C=O) groups excluding carboxylic acids is 2. The van der Waals surface area contributed by atoms with E-state index in [-0.39, 0.29) is 0 Å². The molecule has 0 spiro atoms. The Bertz CT molecular complexity index is 304. The summed E-state index contributed by atoms with van der Waals surface area (Å²) in [5.74, 6) is -1.11. The quantitative estimate of drug-likeness (QED) is 0.440. The van der Waals surface area contributed by atoms with E-state index >= 15 is 0 Å². The van der Waals surface area contributed by atoms with E-state index in [1.807, 2.05) is 19.0 Å². The van der Waals surface area contributed by atoms with Crippen molar-refractivity contribution < 1.29 is 14.3 Å². The second-order valence-corrected chi connectivity index (χ2v) is 5.12. The number of carbonyl (C=O) groups is 2. The highest BCUT2D eigenvalue weighted by Crippen LogP contribution is 1.97. The Labute approximate surface area is 120 Å². The van der Waals surface area contributed by atoms with E-state index in [0.29, 0.717) is 13.1 Å². The molecule has 2 amide bonds. The van der Waals surface area contributed by atoms with E-state index in [1.165, 1.54) is 0 Å². The van der Waals surface area contributed by atoms with Crippen molar-refractivity contribution in [1.29, 1.82) is 0 Å². The van der Waals surface area contributed by atoms with Crippen molar-refractivity contribution in [1.82, 2.24) is 20.4 Å². The van der Waals surface area contributed by atoms with Crippen LogP contribution in [0.3, 0.4) is 0 Å². The highest BCUT2D eigenvalue weighted by atomic mass is 16.5. The molecule has 1 rings (SSSR count). The first-order valence-electron chi connectivity index (χ1n) is 7.10. The standard InChI is InChI=1S/C13H26N4O3/c1-16(2)7-5-15-13(19)12(18)14-4-3-6-17-8-10-20-11-9-17/h3-11H2,1-2H3,(H,14,18)(H,15,19). The highest BCUT2D eigenvalue weighted by molar-refractivity contribution is 6.35. The Morgan fingerprint density at radius 2 is 1.70 bits per heavy atom. The van der Waals surface area contributed by atoms with Gasteiger partial charge in [-0.05, 0) is 27.1 Å². The van der Waals surface area contributed by atoms with Crippen molar-refractivity contribution in [3.8, 4) is 0 Å². The molecule has 1 aliphatic rings. The van der Waals surface area contributed by atoms with Gasteiger partial charge < -0.3 is 20.3 Å². The zero-order valence-corrected chi connectivity index (χ0v) is 12.5. The molecule has 0 bridgehead atoms. The van der Waals surface area contributed by atoms with E-state index < -0.39 is 11.8 Å². The summed E-state index contributed by atoms with van der Waals surface area (Å²) in [7, 11) is 3.83. The monoisotopic (exact) mass is 286 g/mol. The van der Waals surface area contributed by atoms with Crippen LogP contribution in [-0.2, 0) is 14.3 Å². The van der Waals surface area contributed by atoms with Crippen LogP contribution in [0.4, 0.5) is 0 Å². The molecule has 0 aliphatic carbocycles. The molecule has 0 saturated carbocycles.